The summed E-state index contributed by atoms with van der Waals surface area (Å²) in [7, 11) is 1.74. The van der Waals surface area contributed by atoms with Crippen molar-refractivity contribution in [2.45, 2.75) is 33.2 Å². The molecule has 2 N–H and O–H groups in total. The Balaban J connectivity index is 0.00000288. The number of thiazole rings is 1. The molecule has 0 amide bonds. The second kappa shape index (κ2) is 10.6. The fourth-order valence-corrected chi connectivity index (χ4v) is 2.94. The third-order valence-electron chi connectivity index (χ3n) is 3.48. The summed E-state index contributed by atoms with van der Waals surface area (Å²) >= 11 is 1.71. The van der Waals surface area contributed by atoms with E-state index in [0.717, 1.165) is 36.6 Å². The monoisotopic (exact) mass is 462 g/mol. The molecule has 0 aliphatic carbocycles. The van der Waals surface area contributed by atoms with E-state index >= 15 is 0 Å². The molecular formula is C17H24FIN4S. The summed E-state index contributed by atoms with van der Waals surface area (Å²) in [6, 6.07) is 5.12. The van der Waals surface area contributed by atoms with Crippen LogP contribution < -0.4 is 10.6 Å². The third kappa shape index (κ3) is 6.35. The van der Waals surface area contributed by atoms with Crippen molar-refractivity contribution in [3.05, 3.63) is 51.2 Å². The van der Waals surface area contributed by atoms with Gasteiger partial charge in [-0.3, -0.25) is 4.99 Å². The average molecular weight is 462 g/mol. The van der Waals surface area contributed by atoms with E-state index in [1.807, 2.05) is 6.07 Å². The maximum absolute atomic E-state index is 13.3. The maximum Gasteiger partial charge on any atom is 0.191 e. The highest BCUT2D eigenvalue weighted by Crippen LogP contribution is 2.10. The molecule has 0 radical (unpaired) electrons. The second-order valence-corrected chi connectivity index (χ2v) is 6.21. The molecule has 4 nitrogen and oxygen atoms in total. The SMILES string of the molecule is CCc1nc(CCNC(=NC)NCc2ccc(F)c(C)c2)cs1.I. The Labute approximate surface area is 164 Å². The van der Waals surface area contributed by atoms with Crippen molar-refractivity contribution in [2.24, 2.45) is 4.99 Å². The molecule has 1 aromatic carbocycles. The minimum atomic E-state index is -0.175. The third-order valence-corrected chi connectivity index (χ3v) is 4.52. The molecule has 2 aromatic rings. The minimum absolute atomic E-state index is 0. The highest BCUT2D eigenvalue weighted by molar-refractivity contribution is 14.0. The van der Waals surface area contributed by atoms with Gasteiger partial charge in [-0.1, -0.05) is 19.1 Å². The van der Waals surface area contributed by atoms with Gasteiger partial charge in [0.25, 0.3) is 0 Å². The Morgan fingerprint density at radius 3 is 2.75 bits per heavy atom. The number of aromatic nitrogens is 1. The first kappa shape index (κ1) is 20.8. The van der Waals surface area contributed by atoms with Crippen LogP contribution in [0.15, 0.2) is 28.6 Å². The Morgan fingerprint density at radius 2 is 2.12 bits per heavy atom. The first-order valence-electron chi connectivity index (χ1n) is 7.75. The van der Waals surface area contributed by atoms with E-state index in [2.05, 4.69) is 32.9 Å². The molecule has 132 valence electrons. The van der Waals surface area contributed by atoms with E-state index < -0.39 is 0 Å². The topological polar surface area (TPSA) is 49.3 Å². The maximum atomic E-state index is 13.3. The van der Waals surface area contributed by atoms with Gasteiger partial charge in [0.1, 0.15) is 5.82 Å². The highest BCUT2D eigenvalue weighted by Gasteiger charge is 2.03. The van der Waals surface area contributed by atoms with Crippen LogP contribution in [0, 0.1) is 12.7 Å². The lowest BCUT2D eigenvalue weighted by Gasteiger charge is -2.12. The number of benzene rings is 1. The van der Waals surface area contributed by atoms with Crippen LogP contribution in [-0.4, -0.2) is 24.5 Å². The van der Waals surface area contributed by atoms with Crippen molar-refractivity contribution in [1.29, 1.82) is 0 Å². The van der Waals surface area contributed by atoms with E-state index in [4.69, 9.17) is 0 Å². The lowest BCUT2D eigenvalue weighted by Crippen LogP contribution is -2.37. The van der Waals surface area contributed by atoms with Gasteiger partial charge in [-0.15, -0.1) is 35.3 Å². The number of nitrogens with zero attached hydrogens (tertiary/aromatic N) is 2. The lowest BCUT2D eigenvalue weighted by molar-refractivity contribution is 0.617. The van der Waals surface area contributed by atoms with E-state index in [9.17, 15) is 4.39 Å². The van der Waals surface area contributed by atoms with Gasteiger partial charge in [0.15, 0.2) is 5.96 Å². The second-order valence-electron chi connectivity index (χ2n) is 5.27. The van der Waals surface area contributed by atoms with Crippen LogP contribution in [-0.2, 0) is 19.4 Å². The van der Waals surface area contributed by atoms with Gasteiger partial charge in [0.05, 0.1) is 10.7 Å². The van der Waals surface area contributed by atoms with Crippen molar-refractivity contribution >= 4 is 41.3 Å². The van der Waals surface area contributed by atoms with E-state index in [0.29, 0.717) is 12.1 Å². The molecule has 0 bridgehead atoms. The quantitative estimate of drug-likeness (QED) is 0.391. The first-order valence-corrected chi connectivity index (χ1v) is 8.63. The van der Waals surface area contributed by atoms with E-state index in [-0.39, 0.29) is 29.8 Å². The zero-order valence-corrected chi connectivity index (χ0v) is 17.4. The van der Waals surface area contributed by atoms with Crippen molar-refractivity contribution in [1.82, 2.24) is 15.6 Å². The van der Waals surface area contributed by atoms with Gasteiger partial charge in [-0.25, -0.2) is 9.37 Å². The van der Waals surface area contributed by atoms with Crippen LogP contribution in [0.4, 0.5) is 4.39 Å². The van der Waals surface area contributed by atoms with Crippen LogP contribution in [0.25, 0.3) is 0 Å². The Kier molecular flexibility index (Phi) is 9.20. The molecule has 24 heavy (non-hydrogen) atoms. The number of aliphatic imine (C=N–C) groups is 1. The molecule has 0 aliphatic heterocycles. The predicted octanol–water partition coefficient (Wildman–Crippen LogP) is 3.68. The summed E-state index contributed by atoms with van der Waals surface area (Å²) in [5.74, 6) is 0.559. The molecule has 0 saturated heterocycles. The van der Waals surface area contributed by atoms with Crippen molar-refractivity contribution < 1.29 is 4.39 Å². The Bertz CT molecular complexity index is 672. The summed E-state index contributed by atoms with van der Waals surface area (Å²) in [6.07, 6.45) is 1.85. The van der Waals surface area contributed by atoms with Gasteiger partial charge >= 0.3 is 0 Å². The molecule has 0 fully saturated rings. The molecule has 1 aromatic heterocycles. The Morgan fingerprint density at radius 1 is 1.33 bits per heavy atom. The van der Waals surface area contributed by atoms with Crippen LogP contribution in [0.3, 0.4) is 0 Å². The standard InChI is InChI=1S/C17H23FN4S.HI/c1-4-16-22-14(11-23-16)7-8-20-17(19-3)21-10-13-5-6-15(18)12(2)9-13;/h5-6,9,11H,4,7-8,10H2,1-3H3,(H2,19,20,21);1H. The number of guanidine groups is 1. The zero-order valence-electron chi connectivity index (χ0n) is 14.2. The first-order chi connectivity index (χ1) is 11.1. The van der Waals surface area contributed by atoms with Crippen molar-refractivity contribution in [3.63, 3.8) is 0 Å². The lowest BCUT2D eigenvalue weighted by atomic mass is 10.1. The number of aryl methyl sites for hydroxylation is 2. The number of hydrogen-bond acceptors (Lipinski definition) is 3. The van der Waals surface area contributed by atoms with Gasteiger partial charge in [-0.05, 0) is 30.5 Å². The zero-order chi connectivity index (χ0) is 16.7. The van der Waals surface area contributed by atoms with Gasteiger partial charge in [0, 0.05) is 31.9 Å². The largest absolute Gasteiger partial charge is 0.356 e. The highest BCUT2D eigenvalue weighted by atomic mass is 127. The van der Waals surface area contributed by atoms with E-state index in [1.165, 1.54) is 11.1 Å². The molecule has 0 saturated carbocycles. The number of nitrogens with one attached hydrogen (secondary N) is 2. The van der Waals surface area contributed by atoms with Gasteiger partial charge in [-0.2, -0.15) is 0 Å². The average Bonchev–Trinajstić information content (AvgIpc) is 3.02. The van der Waals surface area contributed by atoms with Crippen molar-refractivity contribution in [2.75, 3.05) is 13.6 Å². The molecule has 0 spiro atoms. The van der Waals surface area contributed by atoms with Crippen LogP contribution >= 0.6 is 35.3 Å². The molecule has 0 atom stereocenters. The number of halogens is 2. The minimum Gasteiger partial charge on any atom is -0.356 e. The molecular weight excluding hydrogens is 438 g/mol. The Hall–Kier alpha value is -1.22. The van der Waals surface area contributed by atoms with E-state index in [1.54, 1.807) is 31.4 Å². The molecule has 1 heterocycles. The molecule has 2 rings (SSSR count). The summed E-state index contributed by atoms with van der Waals surface area (Å²) in [6.45, 7) is 5.26. The summed E-state index contributed by atoms with van der Waals surface area (Å²) in [4.78, 5) is 8.74. The normalized spacial score (nSPS) is 11.1. The molecule has 0 aliphatic rings. The summed E-state index contributed by atoms with van der Waals surface area (Å²) < 4.78 is 13.3. The number of hydrogen-bond donors (Lipinski definition) is 2. The summed E-state index contributed by atoms with van der Waals surface area (Å²) in [5, 5.41) is 9.79. The number of rotatable bonds is 6. The fraction of sp³-hybridized carbons (Fsp3) is 0.412. The van der Waals surface area contributed by atoms with Gasteiger partial charge in [0.2, 0.25) is 0 Å². The molecule has 0 unspecified atom stereocenters. The van der Waals surface area contributed by atoms with Crippen molar-refractivity contribution in [3.8, 4) is 0 Å². The van der Waals surface area contributed by atoms with Crippen LogP contribution in [0.1, 0.15) is 28.8 Å². The summed E-state index contributed by atoms with van der Waals surface area (Å²) in [5.41, 5.74) is 2.80. The van der Waals surface area contributed by atoms with Crippen LogP contribution in [0.2, 0.25) is 0 Å². The van der Waals surface area contributed by atoms with Crippen LogP contribution in [0.5, 0.6) is 0 Å². The fourth-order valence-electron chi connectivity index (χ4n) is 2.16. The smallest absolute Gasteiger partial charge is 0.191 e. The molecule has 7 heteroatoms. The predicted molar refractivity (Wildman–Crippen MR) is 110 cm³/mol. The van der Waals surface area contributed by atoms with Gasteiger partial charge < -0.3 is 10.6 Å².